The van der Waals surface area contributed by atoms with E-state index in [1.54, 1.807) is 86.0 Å². The molecule has 0 saturated heterocycles. The number of aromatic nitrogens is 1. The largest absolute Gasteiger partial charge is 0.496 e. The molecule has 0 saturated carbocycles. The van der Waals surface area contributed by atoms with Crippen molar-refractivity contribution in [2.75, 3.05) is 7.11 Å². The Balaban J connectivity index is 0.000000361. The topological polar surface area (TPSA) is 125 Å². The Kier molecular flexibility index (Phi) is 27.8. The maximum Gasteiger partial charge on any atom is 0.168 e. The van der Waals surface area contributed by atoms with Crippen LogP contribution < -0.4 is 4.74 Å². The van der Waals surface area contributed by atoms with E-state index >= 15 is 0 Å². The monoisotopic (exact) mass is 1140 g/mol. The fraction of sp³-hybridized carbons (Fsp3) is 0.0238. The second-order valence-corrected chi connectivity index (χ2v) is 15.9. The van der Waals surface area contributed by atoms with Crippen LogP contribution in [0.5, 0.6) is 5.75 Å². The smallest absolute Gasteiger partial charge is 0.168 e. The Labute approximate surface area is 405 Å². The first-order valence-electron chi connectivity index (χ1n) is 16.0. The number of carbonyl (C=O) groups is 6. The molecule has 1 aromatic heterocycles. The summed E-state index contributed by atoms with van der Waals surface area (Å²) in [5.41, 5.74) is 2.98. The van der Waals surface area contributed by atoms with E-state index in [1.807, 2.05) is 18.2 Å². The third kappa shape index (κ3) is 19.9. The van der Waals surface area contributed by atoms with Crippen molar-refractivity contribution in [2.45, 2.75) is 0 Å². The van der Waals surface area contributed by atoms with Crippen molar-refractivity contribution in [3.8, 4) is 5.75 Å². The summed E-state index contributed by atoms with van der Waals surface area (Å²) in [5, 5.41) is 2.45. The van der Waals surface area contributed by atoms with Crippen molar-refractivity contribution >= 4 is 167 Å². The van der Waals surface area contributed by atoms with Crippen LogP contribution in [0.3, 0.4) is 0 Å². The highest BCUT2D eigenvalue weighted by atomic mass is 79.9. The molecule has 0 N–H and O–H groups in total. The maximum absolute atomic E-state index is 10.4. The summed E-state index contributed by atoms with van der Waals surface area (Å²) < 4.78 is 7.31. The number of rotatable bonds is 7. The first-order chi connectivity index (χ1) is 28.6. The zero-order valence-electron chi connectivity index (χ0n) is 30.4. The van der Waals surface area contributed by atoms with Crippen LogP contribution in [-0.4, -0.2) is 49.8 Å². The number of ether oxygens (including phenoxy) is 1. The molecule has 8 nitrogen and oxygen atoms in total. The van der Waals surface area contributed by atoms with Crippen molar-refractivity contribution in [2.24, 2.45) is 0 Å². The fourth-order valence-corrected chi connectivity index (χ4v) is 6.24. The zero-order chi connectivity index (χ0) is 45.2. The van der Waals surface area contributed by atoms with Crippen LogP contribution in [0.2, 0.25) is 35.2 Å². The first kappa shape index (κ1) is 54.6. The van der Waals surface area contributed by atoms with E-state index in [-0.39, 0.29) is 10.6 Å². The molecule has 0 aliphatic carbocycles. The second kappa shape index (κ2) is 30.5. The standard InChI is InChI=1S/C8H7BrO2.C7H5BrO.C7H3Cl3O.2C7H4Cl2O.C6H4BrNO/c1-11-8-3-2-6(5-10)4-7(8)9;8-7-4-2-1-3-6(7)5-9;8-5-1-2-6(9)7(10)4(5)3-11;8-6-2-1-5(4-10)3-7(6)9;8-6-3-1-2-5(4-10)7(6)9;7-6-3-1-2-5(4-9)8-6/h2-5H,1H3;1-5H;1-3H;2*1-4H;1-4H. The maximum atomic E-state index is 10.4. The van der Waals surface area contributed by atoms with Crippen molar-refractivity contribution in [3.63, 3.8) is 0 Å². The first-order valence-corrected chi connectivity index (χ1v) is 21.1. The Hall–Kier alpha value is -3.46. The lowest BCUT2D eigenvalue weighted by molar-refractivity contribution is 0.111. The Morgan fingerprint density at radius 1 is 0.467 bits per heavy atom. The summed E-state index contributed by atoms with van der Waals surface area (Å²) >= 11 is 48.9. The summed E-state index contributed by atoms with van der Waals surface area (Å²) in [4.78, 5) is 65.2. The van der Waals surface area contributed by atoms with Gasteiger partial charge in [0.1, 0.15) is 28.6 Å². The molecule has 0 spiro atoms. The van der Waals surface area contributed by atoms with Gasteiger partial charge in [-0.3, -0.25) is 28.8 Å². The molecular formula is C42H27Br3Cl7NO7. The number of aldehydes is 6. The summed E-state index contributed by atoms with van der Waals surface area (Å²) in [7, 11) is 1.58. The average Bonchev–Trinajstić information content (AvgIpc) is 3.25. The van der Waals surface area contributed by atoms with Gasteiger partial charge in [-0.2, -0.15) is 0 Å². The normalized spacial score (nSPS) is 9.32. The molecule has 0 fully saturated rings. The van der Waals surface area contributed by atoms with E-state index in [2.05, 4.69) is 52.8 Å². The lowest BCUT2D eigenvalue weighted by atomic mass is 10.2. The highest BCUT2D eigenvalue weighted by molar-refractivity contribution is 9.11. The van der Waals surface area contributed by atoms with Crippen molar-refractivity contribution in [3.05, 3.63) is 191 Å². The van der Waals surface area contributed by atoms with Crippen LogP contribution in [0.1, 0.15) is 62.3 Å². The quantitative estimate of drug-likeness (QED) is 0.0879. The van der Waals surface area contributed by atoms with Crippen molar-refractivity contribution < 1.29 is 33.5 Å². The number of methoxy groups -OCH3 is 1. The highest BCUT2D eigenvalue weighted by Gasteiger charge is 2.07. The fourth-order valence-electron chi connectivity index (χ4n) is 3.66. The van der Waals surface area contributed by atoms with E-state index < -0.39 is 0 Å². The van der Waals surface area contributed by atoms with Crippen LogP contribution in [0.25, 0.3) is 0 Å². The number of pyridine rings is 1. The third-order valence-electron chi connectivity index (χ3n) is 6.59. The van der Waals surface area contributed by atoms with Gasteiger partial charge in [0.15, 0.2) is 25.1 Å². The van der Waals surface area contributed by atoms with Crippen molar-refractivity contribution in [1.82, 2.24) is 4.98 Å². The second-order valence-electron chi connectivity index (χ2n) is 10.6. The van der Waals surface area contributed by atoms with Gasteiger partial charge in [0, 0.05) is 26.7 Å². The summed E-state index contributed by atoms with van der Waals surface area (Å²) in [5.74, 6) is 0.732. The molecule has 0 atom stereocenters. The number of halogens is 10. The number of carbonyl (C=O) groups excluding carboxylic acids is 6. The van der Waals surface area contributed by atoms with E-state index in [4.69, 9.17) is 85.9 Å². The average molecular weight is 1150 g/mol. The Bertz CT molecular complexity index is 2390. The van der Waals surface area contributed by atoms with Gasteiger partial charge in [-0.25, -0.2) is 4.98 Å². The predicted octanol–water partition coefficient (Wildman–Crippen LogP) is 15.3. The van der Waals surface area contributed by atoms with Crippen LogP contribution in [-0.2, 0) is 0 Å². The van der Waals surface area contributed by atoms with E-state index in [9.17, 15) is 28.8 Å². The van der Waals surface area contributed by atoms with Gasteiger partial charge in [0.2, 0.25) is 0 Å². The Morgan fingerprint density at radius 2 is 1.02 bits per heavy atom. The molecule has 5 aromatic carbocycles. The molecule has 0 bridgehead atoms. The predicted molar refractivity (Wildman–Crippen MR) is 253 cm³/mol. The number of hydrogen-bond acceptors (Lipinski definition) is 8. The van der Waals surface area contributed by atoms with Gasteiger partial charge in [-0.05, 0) is 98.6 Å². The highest BCUT2D eigenvalue weighted by Crippen LogP contribution is 2.30. The van der Waals surface area contributed by atoms with Crippen LogP contribution in [0.15, 0.2) is 123 Å². The van der Waals surface area contributed by atoms with Gasteiger partial charge >= 0.3 is 0 Å². The van der Waals surface area contributed by atoms with Crippen LogP contribution in [0, 0.1) is 0 Å². The number of benzene rings is 5. The minimum atomic E-state index is 0.203. The molecule has 0 aliphatic heterocycles. The molecule has 6 aromatic rings. The van der Waals surface area contributed by atoms with Crippen molar-refractivity contribution in [1.29, 1.82) is 0 Å². The SMILES string of the molecule is COc1ccc(C=O)cc1Br.O=Cc1c(Cl)ccc(Cl)c1Cl.O=Cc1ccc(Cl)c(Cl)c1.O=Cc1cccc(Br)n1.O=Cc1cccc(Cl)c1Cl.O=Cc1ccccc1Br. The molecule has 0 amide bonds. The molecule has 0 unspecified atom stereocenters. The van der Waals surface area contributed by atoms with Gasteiger partial charge in [-0.1, -0.05) is 140 Å². The van der Waals surface area contributed by atoms with Gasteiger partial charge in [-0.15, -0.1) is 0 Å². The molecule has 60 heavy (non-hydrogen) atoms. The Morgan fingerprint density at radius 3 is 1.48 bits per heavy atom. The molecule has 312 valence electrons. The molecule has 6 rings (SSSR count). The minimum Gasteiger partial charge on any atom is -0.496 e. The van der Waals surface area contributed by atoms with Crippen LogP contribution >= 0.6 is 129 Å². The summed E-state index contributed by atoms with van der Waals surface area (Å²) in [6.45, 7) is 0. The van der Waals surface area contributed by atoms with E-state index in [1.165, 1.54) is 12.1 Å². The van der Waals surface area contributed by atoms with E-state index in [0.717, 1.165) is 33.6 Å². The summed E-state index contributed by atoms with van der Waals surface area (Å²) in [6.07, 6.45) is 4.31. The minimum absolute atomic E-state index is 0.203. The van der Waals surface area contributed by atoms with Gasteiger partial charge < -0.3 is 4.74 Å². The van der Waals surface area contributed by atoms with Crippen LogP contribution in [0.4, 0.5) is 0 Å². The molecular weight excluding hydrogens is 1120 g/mol. The van der Waals surface area contributed by atoms with Gasteiger partial charge in [0.05, 0.1) is 52.3 Å². The third-order valence-corrected chi connectivity index (χ3v) is 11.1. The number of nitrogens with zero attached hydrogens (tertiary/aromatic N) is 1. The van der Waals surface area contributed by atoms with Gasteiger partial charge in [0.25, 0.3) is 0 Å². The lowest BCUT2D eigenvalue weighted by Gasteiger charge is -2.01. The molecule has 0 aliphatic rings. The number of hydrogen-bond donors (Lipinski definition) is 0. The lowest BCUT2D eigenvalue weighted by Crippen LogP contribution is -1.85. The summed E-state index contributed by atoms with van der Waals surface area (Å²) in [6, 6.07) is 30.4. The molecule has 1 heterocycles. The molecule has 0 radical (unpaired) electrons. The zero-order valence-corrected chi connectivity index (χ0v) is 40.5. The van der Waals surface area contributed by atoms with E-state index in [0.29, 0.717) is 81.5 Å². The molecule has 18 heteroatoms.